The number of benzene rings is 1. The zero-order valence-corrected chi connectivity index (χ0v) is 10.9. The maximum atomic E-state index is 13.1. The van der Waals surface area contributed by atoms with Crippen LogP contribution < -0.4 is 0 Å². The fourth-order valence-electron chi connectivity index (χ4n) is 2.55. The molecule has 16 heavy (non-hydrogen) atoms. The van der Waals surface area contributed by atoms with Gasteiger partial charge in [-0.1, -0.05) is 28.9 Å². The minimum atomic E-state index is -0.765. The first-order valence-corrected chi connectivity index (χ1v) is 6.48. The molecule has 1 aliphatic rings. The van der Waals surface area contributed by atoms with Crippen LogP contribution in [0.3, 0.4) is 0 Å². The summed E-state index contributed by atoms with van der Waals surface area (Å²) in [4.78, 5) is 0.572. The molecule has 2 rings (SSSR count). The van der Waals surface area contributed by atoms with Crippen molar-refractivity contribution in [3.05, 3.63) is 35.4 Å². The Bertz CT molecular complexity index is 392. The largest absolute Gasteiger partial charge is 0.204 e. The van der Waals surface area contributed by atoms with E-state index in [1.807, 2.05) is 0 Å². The van der Waals surface area contributed by atoms with Crippen molar-refractivity contribution in [2.75, 3.05) is 0 Å². The van der Waals surface area contributed by atoms with Crippen LogP contribution in [0.5, 0.6) is 0 Å². The Labute approximate surface area is 103 Å². The molecule has 3 heteroatoms. The van der Waals surface area contributed by atoms with Crippen LogP contribution in [0.25, 0.3) is 0 Å². The van der Waals surface area contributed by atoms with Crippen molar-refractivity contribution >= 4 is 15.9 Å². The third-order valence-corrected chi connectivity index (χ3v) is 4.17. The van der Waals surface area contributed by atoms with Crippen molar-refractivity contribution in [2.24, 2.45) is 5.41 Å². The molecule has 0 spiro atoms. The molecule has 0 bridgehead atoms. The first kappa shape index (κ1) is 12.0. The van der Waals surface area contributed by atoms with Gasteiger partial charge in [0.25, 0.3) is 0 Å². The second-order valence-corrected chi connectivity index (χ2v) is 6.37. The van der Waals surface area contributed by atoms with Gasteiger partial charge in [-0.3, -0.25) is 0 Å². The van der Waals surface area contributed by atoms with E-state index in [0.717, 1.165) is 24.8 Å². The highest BCUT2D eigenvalue weighted by atomic mass is 79.9. The van der Waals surface area contributed by atoms with Gasteiger partial charge in [0.2, 0.25) is 0 Å². The van der Waals surface area contributed by atoms with Gasteiger partial charge in [-0.2, -0.15) is 0 Å². The quantitative estimate of drug-likeness (QED) is 0.705. The topological polar surface area (TPSA) is 0 Å². The predicted octanol–water partition coefficient (Wildman–Crippen LogP) is 4.46. The van der Waals surface area contributed by atoms with Crippen molar-refractivity contribution in [2.45, 2.75) is 37.4 Å². The molecular formula is C13H15BrF2. The molecule has 1 aromatic carbocycles. The average Bonchev–Trinajstić information content (AvgIpc) is 2.52. The molecule has 1 aromatic rings. The molecule has 1 aliphatic carbocycles. The van der Waals surface area contributed by atoms with Gasteiger partial charge < -0.3 is 0 Å². The number of rotatable bonds is 2. The van der Waals surface area contributed by atoms with Crippen LogP contribution in [0.15, 0.2) is 18.2 Å². The van der Waals surface area contributed by atoms with Gasteiger partial charge in [-0.05, 0) is 48.8 Å². The number of hydrogen-bond acceptors (Lipinski definition) is 0. The molecule has 88 valence electrons. The minimum absolute atomic E-state index is 0.221. The normalized spacial score (nSPS) is 29.6. The predicted molar refractivity (Wildman–Crippen MR) is 64.7 cm³/mol. The van der Waals surface area contributed by atoms with E-state index in [1.54, 1.807) is 6.07 Å². The lowest BCUT2D eigenvalue weighted by atomic mass is 9.82. The van der Waals surface area contributed by atoms with Crippen LogP contribution in [0.2, 0.25) is 0 Å². The highest BCUT2D eigenvalue weighted by Gasteiger charge is 2.33. The smallest absolute Gasteiger partial charge is 0.159 e. The molecule has 0 aromatic heterocycles. The van der Waals surface area contributed by atoms with Crippen molar-refractivity contribution in [3.63, 3.8) is 0 Å². The van der Waals surface area contributed by atoms with E-state index in [2.05, 4.69) is 22.9 Å². The lowest BCUT2D eigenvalue weighted by molar-refractivity contribution is 0.335. The number of halogens is 3. The summed E-state index contributed by atoms with van der Waals surface area (Å²) < 4.78 is 25.9. The second kappa shape index (κ2) is 4.44. The third-order valence-electron chi connectivity index (χ3n) is 3.39. The zero-order chi connectivity index (χ0) is 11.8. The summed E-state index contributed by atoms with van der Waals surface area (Å²) in [5.74, 6) is -1.51. The van der Waals surface area contributed by atoms with Gasteiger partial charge >= 0.3 is 0 Å². The maximum Gasteiger partial charge on any atom is 0.159 e. The average molecular weight is 289 g/mol. The lowest BCUT2D eigenvalue weighted by Gasteiger charge is -2.23. The Morgan fingerprint density at radius 2 is 2.12 bits per heavy atom. The number of hydrogen-bond donors (Lipinski definition) is 0. The summed E-state index contributed by atoms with van der Waals surface area (Å²) in [6, 6.07) is 4.22. The van der Waals surface area contributed by atoms with Crippen molar-refractivity contribution in [1.82, 2.24) is 0 Å². The summed E-state index contributed by atoms with van der Waals surface area (Å²) in [6.07, 6.45) is 4.24. The van der Waals surface area contributed by atoms with Gasteiger partial charge in [-0.25, -0.2) is 8.78 Å². The molecule has 0 nitrogen and oxygen atoms in total. The van der Waals surface area contributed by atoms with Crippen LogP contribution in [-0.2, 0) is 6.42 Å². The summed E-state index contributed by atoms with van der Waals surface area (Å²) in [6.45, 7) is 2.22. The maximum absolute atomic E-state index is 13.1. The van der Waals surface area contributed by atoms with E-state index < -0.39 is 11.6 Å². The molecule has 0 saturated heterocycles. The van der Waals surface area contributed by atoms with E-state index in [4.69, 9.17) is 0 Å². The molecule has 2 atom stereocenters. The summed E-state index contributed by atoms with van der Waals surface area (Å²) in [5.41, 5.74) is 1.11. The van der Waals surface area contributed by atoms with Crippen molar-refractivity contribution < 1.29 is 8.78 Å². The molecule has 0 heterocycles. The summed E-state index contributed by atoms with van der Waals surface area (Å²) >= 11 is 3.62. The summed E-state index contributed by atoms with van der Waals surface area (Å²) in [7, 11) is 0. The molecule has 0 amide bonds. The Morgan fingerprint density at radius 1 is 1.38 bits per heavy atom. The Hall–Kier alpha value is -0.440. The van der Waals surface area contributed by atoms with Crippen LogP contribution in [0.1, 0.15) is 31.7 Å². The van der Waals surface area contributed by atoms with Crippen molar-refractivity contribution in [3.8, 4) is 0 Å². The van der Waals surface area contributed by atoms with E-state index in [0.29, 0.717) is 4.83 Å². The van der Waals surface area contributed by atoms with E-state index in [9.17, 15) is 8.78 Å². The lowest BCUT2D eigenvalue weighted by Crippen LogP contribution is -2.15. The monoisotopic (exact) mass is 288 g/mol. The van der Waals surface area contributed by atoms with Crippen LogP contribution in [0.4, 0.5) is 8.78 Å². The van der Waals surface area contributed by atoms with E-state index >= 15 is 0 Å². The highest BCUT2D eigenvalue weighted by Crippen LogP contribution is 2.43. The fourth-order valence-corrected chi connectivity index (χ4v) is 3.56. The van der Waals surface area contributed by atoms with Crippen LogP contribution in [0, 0.1) is 17.0 Å². The Kier molecular flexibility index (Phi) is 3.34. The van der Waals surface area contributed by atoms with E-state index in [1.165, 1.54) is 18.6 Å². The Morgan fingerprint density at radius 3 is 2.69 bits per heavy atom. The summed E-state index contributed by atoms with van der Waals surface area (Å²) in [5, 5.41) is 0. The third kappa shape index (κ3) is 2.62. The van der Waals surface area contributed by atoms with Gasteiger partial charge in [0.1, 0.15) is 0 Å². The van der Waals surface area contributed by atoms with Crippen LogP contribution >= 0.6 is 15.9 Å². The Balaban J connectivity index is 2.12. The van der Waals surface area contributed by atoms with Gasteiger partial charge in [0.15, 0.2) is 11.6 Å². The fraction of sp³-hybridized carbons (Fsp3) is 0.538. The molecule has 0 aliphatic heterocycles. The molecule has 0 radical (unpaired) electrons. The highest BCUT2D eigenvalue weighted by molar-refractivity contribution is 9.09. The van der Waals surface area contributed by atoms with Gasteiger partial charge in [0, 0.05) is 4.83 Å². The van der Waals surface area contributed by atoms with Crippen LogP contribution in [-0.4, -0.2) is 4.83 Å². The van der Waals surface area contributed by atoms with E-state index in [-0.39, 0.29) is 5.41 Å². The minimum Gasteiger partial charge on any atom is -0.204 e. The second-order valence-electron chi connectivity index (χ2n) is 5.08. The zero-order valence-electron chi connectivity index (χ0n) is 9.27. The SMILES string of the molecule is CC1(Cc2ccc(F)c(F)c2)CCC(Br)C1. The number of alkyl halides is 1. The van der Waals surface area contributed by atoms with Crippen molar-refractivity contribution in [1.29, 1.82) is 0 Å². The standard InChI is InChI=1S/C13H15BrF2/c1-13(5-4-10(14)8-13)7-9-2-3-11(15)12(16)6-9/h2-3,6,10H,4-5,7-8H2,1H3. The first-order valence-electron chi connectivity index (χ1n) is 5.56. The molecule has 2 unspecified atom stereocenters. The van der Waals surface area contributed by atoms with Gasteiger partial charge in [-0.15, -0.1) is 0 Å². The van der Waals surface area contributed by atoms with Gasteiger partial charge in [0.05, 0.1) is 0 Å². The molecule has 0 N–H and O–H groups in total. The molecule has 1 fully saturated rings. The molecular weight excluding hydrogens is 274 g/mol. The first-order chi connectivity index (χ1) is 7.48. The molecule has 1 saturated carbocycles.